The summed E-state index contributed by atoms with van der Waals surface area (Å²) in [5, 5.41) is 6.85. The lowest BCUT2D eigenvalue weighted by Gasteiger charge is -2.53. The number of aromatic nitrogens is 3. The average molecular weight is 490 g/mol. The molecule has 2 aliphatic heterocycles. The second-order valence-electron chi connectivity index (χ2n) is 8.90. The molecule has 35 heavy (non-hydrogen) atoms. The van der Waals surface area contributed by atoms with E-state index in [0.717, 1.165) is 19.2 Å². The minimum Gasteiger partial charge on any atom is -0.415 e. The van der Waals surface area contributed by atoms with E-state index in [9.17, 15) is 18.0 Å². The summed E-state index contributed by atoms with van der Waals surface area (Å²) in [6.07, 6.45) is -1.56. The van der Waals surface area contributed by atoms with Gasteiger partial charge in [-0.05, 0) is 37.4 Å². The highest BCUT2D eigenvalue weighted by Gasteiger charge is 2.55. The van der Waals surface area contributed by atoms with Crippen molar-refractivity contribution < 1.29 is 26.8 Å². The highest BCUT2D eigenvalue weighted by atomic mass is 19.3. The summed E-state index contributed by atoms with van der Waals surface area (Å²) in [7, 11) is 1.98. The zero-order valence-electron chi connectivity index (χ0n) is 18.7. The molecule has 0 N–H and O–H groups in total. The van der Waals surface area contributed by atoms with Crippen molar-refractivity contribution in [2.24, 2.45) is 0 Å². The normalized spacial score (nSPS) is 18.3. The molecule has 0 bridgehead atoms. The van der Waals surface area contributed by atoms with Gasteiger partial charge in [0.2, 0.25) is 11.6 Å². The summed E-state index contributed by atoms with van der Waals surface area (Å²) >= 11 is 0. The van der Waals surface area contributed by atoms with E-state index < -0.39 is 29.7 Å². The summed E-state index contributed by atoms with van der Waals surface area (Å²) in [6, 6.07) is 8.65. The molecule has 0 spiro atoms. The first-order valence-corrected chi connectivity index (χ1v) is 11.0. The Morgan fingerprint density at radius 2 is 2.00 bits per heavy atom. The van der Waals surface area contributed by atoms with Gasteiger partial charge in [0, 0.05) is 44.1 Å². The minimum atomic E-state index is -2.89. The molecule has 0 atom stereocenters. The van der Waals surface area contributed by atoms with Crippen LogP contribution in [0.2, 0.25) is 0 Å². The van der Waals surface area contributed by atoms with Crippen molar-refractivity contribution in [3.8, 4) is 11.5 Å². The number of rotatable bonds is 7. The molecule has 0 radical (unpaired) electrons. The maximum Gasteiger partial charge on any atom is 0.314 e. The zero-order chi connectivity index (χ0) is 24.7. The fourth-order valence-electron chi connectivity index (χ4n) is 4.30. The van der Waals surface area contributed by atoms with Crippen LogP contribution in [0.5, 0.6) is 0 Å². The van der Waals surface area contributed by atoms with Gasteiger partial charge in [-0.1, -0.05) is 6.07 Å². The Morgan fingerprint density at radius 3 is 2.60 bits per heavy atom. The Bertz CT molecular complexity index is 1210. The molecule has 0 aliphatic carbocycles. The lowest BCUT2D eigenvalue weighted by molar-refractivity contribution is -0.149. The molecule has 184 valence electrons. The third kappa shape index (κ3) is 4.63. The molecule has 2 saturated heterocycles. The lowest BCUT2D eigenvalue weighted by Crippen LogP contribution is -2.73. The van der Waals surface area contributed by atoms with Crippen LogP contribution in [0.15, 0.2) is 47.0 Å². The van der Waals surface area contributed by atoms with E-state index in [1.807, 2.05) is 11.9 Å². The fraction of sp³-hybridized carbons (Fsp3) is 0.391. The number of hydrogen-bond donors (Lipinski definition) is 0. The van der Waals surface area contributed by atoms with Gasteiger partial charge in [-0.25, -0.2) is 8.78 Å². The van der Waals surface area contributed by atoms with Crippen LogP contribution in [0.4, 0.5) is 23.2 Å². The van der Waals surface area contributed by atoms with Gasteiger partial charge in [-0.15, -0.1) is 10.2 Å². The number of hydrogen-bond acceptors (Lipinski definition) is 7. The number of likely N-dealkylation sites (N-methyl/N-ethyl adjacent to an activating group) is 1. The smallest absolute Gasteiger partial charge is 0.314 e. The first-order chi connectivity index (χ1) is 16.7. The molecule has 3 aromatic rings. The van der Waals surface area contributed by atoms with Gasteiger partial charge in [-0.2, -0.15) is 8.78 Å². The van der Waals surface area contributed by atoms with Gasteiger partial charge in [0.05, 0.1) is 17.8 Å². The highest BCUT2D eigenvalue weighted by molar-refractivity contribution is 6.00. The summed E-state index contributed by atoms with van der Waals surface area (Å²) in [4.78, 5) is 22.8. The number of carbonyl (C=O) groups excluding carboxylic acids is 1. The Hall–Kier alpha value is -3.38. The van der Waals surface area contributed by atoms with Crippen LogP contribution in [0.1, 0.15) is 18.0 Å². The SMILES string of the molecule is CN1CC(N2CC(F)(C(=O)N(Cc3ccc(-c4nnc(C(F)F)o4)cn3)c3cccc(F)c3)C2)C1. The molecule has 5 rings (SSSR count). The predicted molar refractivity (Wildman–Crippen MR) is 117 cm³/mol. The molecule has 0 saturated carbocycles. The van der Waals surface area contributed by atoms with E-state index in [0.29, 0.717) is 11.3 Å². The lowest BCUT2D eigenvalue weighted by atomic mass is 9.90. The minimum absolute atomic E-state index is 0.0217. The van der Waals surface area contributed by atoms with E-state index in [2.05, 4.69) is 20.1 Å². The van der Waals surface area contributed by atoms with E-state index in [1.54, 1.807) is 0 Å². The van der Waals surface area contributed by atoms with Crippen molar-refractivity contribution in [1.82, 2.24) is 25.0 Å². The number of carbonyl (C=O) groups is 1. The van der Waals surface area contributed by atoms with E-state index >= 15 is 4.39 Å². The van der Waals surface area contributed by atoms with Crippen LogP contribution in [0.25, 0.3) is 11.5 Å². The van der Waals surface area contributed by atoms with Gasteiger partial charge in [-0.3, -0.25) is 14.7 Å². The number of alkyl halides is 3. The summed E-state index contributed by atoms with van der Waals surface area (Å²) in [5.41, 5.74) is -1.20. The average Bonchev–Trinajstić information content (AvgIpc) is 3.29. The topological polar surface area (TPSA) is 78.6 Å². The van der Waals surface area contributed by atoms with E-state index in [-0.39, 0.29) is 37.3 Å². The second kappa shape index (κ2) is 9.00. The van der Waals surface area contributed by atoms with E-state index in [1.165, 1.54) is 41.4 Å². The Kier molecular flexibility index (Phi) is 6.01. The molecule has 0 unspecified atom stereocenters. The van der Waals surface area contributed by atoms with Crippen LogP contribution in [-0.2, 0) is 11.3 Å². The van der Waals surface area contributed by atoms with Crippen LogP contribution in [0, 0.1) is 5.82 Å². The second-order valence-corrected chi connectivity index (χ2v) is 8.90. The number of pyridine rings is 1. The first-order valence-electron chi connectivity index (χ1n) is 11.0. The molecular formula is C23H22F4N6O2. The van der Waals surface area contributed by atoms with Gasteiger partial charge in [0.15, 0.2) is 0 Å². The maximum atomic E-state index is 15.6. The summed E-state index contributed by atoms with van der Waals surface area (Å²) in [5.74, 6) is -2.26. The molecule has 1 aromatic carbocycles. The summed E-state index contributed by atoms with van der Waals surface area (Å²) < 4.78 is 59.9. The largest absolute Gasteiger partial charge is 0.415 e. The van der Waals surface area contributed by atoms with Crippen molar-refractivity contribution in [1.29, 1.82) is 0 Å². The third-order valence-corrected chi connectivity index (χ3v) is 6.24. The number of anilines is 1. The molecule has 2 fully saturated rings. The van der Waals surface area contributed by atoms with Gasteiger partial charge in [0.1, 0.15) is 5.82 Å². The first kappa shape index (κ1) is 23.4. The standard InChI is InChI=1S/C23H22F4N6O2/c1-31-10-18(11-31)32-12-23(27,13-32)22(34)33(17-4-2-3-15(24)7-17)9-16-6-5-14(8-28-16)20-29-30-21(35-20)19(25)26/h2-8,18-19H,9-13H2,1H3. The van der Waals surface area contributed by atoms with Crippen LogP contribution in [-0.4, -0.2) is 75.8 Å². The van der Waals surface area contributed by atoms with E-state index in [4.69, 9.17) is 4.42 Å². The molecule has 2 aromatic heterocycles. The number of benzene rings is 1. The highest BCUT2D eigenvalue weighted by Crippen LogP contribution is 2.34. The predicted octanol–water partition coefficient (Wildman–Crippen LogP) is 3.08. The van der Waals surface area contributed by atoms with Crippen LogP contribution < -0.4 is 4.90 Å². The third-order valence-electron chi connectivity index (χ3n) is 6.24. The van der Waals surface area contributed by atoms with Crippen molar-refractivity contribution in [3.63, 3.8) is 0 Å². The van der Waals surface area contributed by atoms with Gasteiger partial charge < -0.3 is 14.2 Å². The van der Waals surface area contributed by atoms with Crippen LogP contribution in [0.3, 0.4) is 0 Å². The van der Waals surface area contributed by atoms with Crippen molar-refractivity contribution in [2.45, 2.75) is 24.7 Å². The molecular weight excluding hydrogens is 468 g/mol. The number of amides is 1. The summed E-state index contributed by atoms with van der Waals surface area (Å²) in [6.45, 7) is 1.49. The molecule has 12 heteroatoms. The fourth-order valence-corrected chi connectivity index (χ4v) is 4.30. The monoisotopic (exact) mass is 490 g/mol. The zero-order valence-corrected chi connectivity index (χ0v) is 18.7. The Morgan fingerprint density at radius 1 is 1.23 bits per heavy atom. The molecule has 2 aliphatic rings. The Labute approximate surface area is 198 Å². The number of likely N-dealkylation sites (tertiary alicyclic amines) is 2. The van der Waals surface area contributed by atoms with Crippen LogP contribution >= 0.6 is 0 Å². The van der Waals surface area contributed by atoms with Crippen molar-refractivity contribution in [3.05, 3.63) is 60.0 Å². The number of nitrogens with zero attached hydrogens (tertiary/aromatic N) is 6. The van der Waals surface area contributed by atoms with Gasteiger partial charge >= 0.3 is 6.43 Å². The molecule has 1 amide bonds. The quantitative estimate of drug-likeness (QED) is 0.471. The van der Waals surface area contributed by atoms with Crippen molar-refractivity contribution in [2.75, 3.05) is 38.1 Å². The molecule has 8 nitrogen and oxygen atoms in total. The molecule has 4 heterocycles. The number of halogens is 4. The van der Waals surface area contributed by atoms with Crippen molar-refractivity contribution >= 4 is 11.6 Å². The Balaban J connectivity index is 1.34. The maximum absolute atomic E-state index is 15.6. The van der Waals surface area contributed by atoms with Gasteiger partial charge in [0.25, 0.3) is 11.8 Å².